The van der Waals surface area contributed by atoms with Gasteiger partial charge in [-0.25, -0.2) is 0 Å². The van der Waals surface area contributed by atoms with Crippen LogP contribution in [0.25, 0.3) is 0 Å². The summed E-state index contributed by atoms with van der Waals surface area (Å²) in [6, 6.07) is 9.78. The fourth-order valence-corrected chi connectivity index (χ4v) is 2.99. The maximum atomic E-state index is 12.6. The highest BCUT2D eigenvalue weighted by Crippen LogP contribution is 2.34. The highest BCUT2D eigenvalue weighted by molar-refractivity contribution is 5.47. The van der Waals surface area contributed by atoms with E-state index >= 15 is 0 Å². The van der Waals surface area contributed by atoms with Gasteiger partial charge < -0.3 is 14.2 Å². The molecule has 0 heterocycles. The van der Waals surface area contributed by atoms with E-state index in [0.29, 0.717) is 11.7 Å². The monoisotopic (exact) mass is 496 g/mol. The summed E-state index contributed by atoms with van der Waals surface area (Å²) in [6.07, 6.45) is -8.92. The van der Waals surface area contributed by atoms with Gasteiger partial charge in [-0.15, -0.1) is 26.3 Å². The maximum absolute atomic E-state index is 12.6. The minimum absolute atomic E-state index is 0.00611. The Kier molecular flexibility index (Phi) is 9.87. The number of benzene rings is 2. The Morgan fingerprint density at radius 2 is 1.26 bits per heavy atom. The topological polar surface area (TPSA) is 46.2 Å². The first kappa shape index (κ1) is 27.6. The van der Waals surface area contributed by atoms with E-state index in [1.165, 1.54) is 19.2 Å². The van der Waals surface area contributed by atoms with Gasteiger partial charge in [0.05, 0.1) is 20.3 Å². The minimum atomic E-state index is -4.95. The van der Waals surface area contributed by atoms with Crippen LogP contribution in [-0.4, -0.2) is 33.0 Å². The maximum Gasteiger partial charge on any atom is 0.522 e. The number of alkyl halides is 6. The summed E-state index contributed by atoms with van der Waals surface area (Å²) in [5.74, 6) is 0.727. The van der Waals surface area contributed by atoms with Crippen molar-refractivity contribution in [3.63, 3.8) is 0 Å². The SMILES string of the molecule is CCC(C)c1ccc(OCCOc2c(COC(F)(F)F)cc(OC)cc2COC(F)(F)F)cc1. The molecule has 0 aliphatic rings. The zero-order chi connectivity index (χ0) is 25.4. The third-order valence-electron chi connectivity index (χ3n) is 4.89. The lowest BCUT2D eigenvalue weighted by molar-refractivity contribution is -0.330. The molecule has 1 unspecified atom stereocenters. The Hall–Kier alpha value is -2.66. The fraction of sp³-hybridized carbons (Fsp3) is 0.478. The molecule has 0 fully saturated rings. The van der Waals surface area contributed by atoms with Crippen LogP contribution in [0.5, 0.6) is 17.2 Å². The van der Waals surface area contributed by atoms with Gasteiger partial charge in [-0.05, 0) is 42.2 Å². The van der Waals surface area contributed by atoms with Crippen molar-refractivity contribution in [3.05, 3.63) is 53.1 Å². The summed E-state index contributed by atoms with van der Waals surface area (Å²) in [7, 11) is 1.22. The van der Waals surface area contributed by atoms with Crippen molar-refractivity contribution in [2.45, 2.75) is 52.1 Å². The summed E-state index contributed by atoms with van der Waals surface area (Å²) < 4.78 is 99.2. The normalized spacial score (nSPS) is 13.0. The van der Waals surface area contributed by atoms with Crippen molar-refractivity contribution in [1.82, 2.24) is 0 Å². The van der Waals surface area contributed by atoms with Crippen LogP contribution in [0, 0.1) is 0 Å². The molecule has 2 aromatic carbocycles. The average Bonchev–Trinajstić information content (AvgIpc) is 2.78. The lowest BCUT2D eigenvalue weighted by Gasteiger charge is -2.19. The molecule has 11 heteroatoms. The van der Waals surface area contributed by atoms with Crippen molar-refractivity contribution in [2.24, 2.45) is 0 Å². The van der Waals surface area contributed by atoms with Crippen LogP contribution >= 0.6 is 0 Å². The Labute approximate surface area is 193 Å². The molecule has 1 atom stereocenters. The first-order chi connectivity index (χ1) is 15.9. The smallest absolute Gasteiger partial charge is 0.497 e. The van der Waals surface area contributed by atoms with Gasteiger partial charge in [0.25, 0.3) is 0 Å². The number of hydrogen-bond acceptors (Lipinski definition) is 5. The number of ether oxygens (including phenoxy) is 5. The van der Waals surface area contributed by atoms with E-state index < -0.39 is 25.9 Å². The zero-order valence-electron chi connectivity index (χ0n) is 18.9. The molecular weight excluding hydrogens is 470 g/mol. The molecule has 0 aliphatic heterocycles. The predicted molar refractivity (Wildman–Crippen MR) is 111 cm³/mol. The average molecular weight is 496 g/mol. The highest BCUT2D eigenvalue weighted by Gasteiger charge is 2.32. The van der Waals surface area contributed by atoms with E-state index in [-0.39, 0.29) is 35.8 Å². The summed E-state index contributed by atoms with van der Waals surface area (Å²) in [4.78, 5) is 0. The predicted octanol–water partition coefficient (Wildman–Crippen LogP) is 6.74. The molecule has 0 saturated heterocycles. The van der Waals surface area contributed by atoms with Crippen LogP contribution in [0.15, 0.2) is 36.4 Å². The van der Waals surface area contributed by atoms with Gasteiger partial charge in [-0.1, -0.05) is 26.0 Å². The third kappa shape index (κ3) is 9.30. The van der Waals surface area contributed by atoms with Crippen molar-refractivity contribution in [1.29, 1.82) is 0 Å². The minimum Gasteiger partial charge on any atom is -0.497 e. The summed E-state index contributed by atoms with van der Waals surface area (Å²) >= 11 is 0. The molecule has 0 spiro atoms. The first-order valence-corrected chi connectivity index (χ1v) is 10.4. The van der Waals surface area contributed by atoms with Crippen LogP contribution in [0.4, 0.5) is 26.3 Å². The standard InChI is InChI=1S/C23H26F6O5/c1-4-15(2)16-5-7-19(8-6-16)31-9-10-32-21-17(13-33-22(24,25)26)11-20(30-3)12-18(21)14-34-23(27,28)29/h5-8,11-12,15H,4,9-10,13-14H2,1-3H3. The van der Waals surface area contributed by atoms with Crippen LogP contribution in [-0.2, 0) is 22.7 Å². The van der Waals surface area contributed by atoms with Crippen LogP contribution in [0.2, 0.25) is 0 Å². The number of halogens is 6. The molecule has 5 nitrogen and oxygen atoms in total. The van der Waals surface area contributed by atoms with Crippen molar-refractivity contribution in [2.75, 3.05) is 20.3 Å². The van der Waals surface area contributed by atoms with Gasteiger partial charge in [-0.3, -0.25) is 9.47 Å². The van der Waals surface area contributed by atoms with Gasteiger partial charge in [-0.2, -0.15) is 0 Å². The largest absolute Gasteiger partial charge is 0.522 e. The Morgan fingerprint density at radius 1 is 0.765 bits per heavy atom. The van der Waals surface area contributed by atoms with E-state index in [2.05, 4.69) is 23.3 Å². The molecule has 0 saturated carbocycles. The molecular formula is C23H26F6O5. The number of hydrogen-bond donors (Lipinski definition) is 0. The molecule has 0 amide bonds. The summed E-state index contributed by atoms with van der Waals surface area (Å²) in [5, 5.41) is 0. The number of rotatable bonds is 12. The van der Waals surface area contributed by atoms with Crippen molar-refractivity contribution >= 4 is 0 Å². The van der Waals surface area contributed by atoms with Gasteiger partial charge in [0.15, 0.2) is 0 Å². The van der Waals surface area contributed by atoms with Gasteiger partial charge in [0.2, 0.25) is 0 Å². The Bertz CT molecular complexity index is 857. The van der Waals surface area contributed by atoms with E-state index in [1.807, 2.05) is 12.1 Å². The Morgan fingerprint density at radius 3 is 1.71 bits per heavy atom. The molecule has 190 valence electrons. The lowest BCUT2D eigenvalue weighted by atomic mass is 9.99. The molecule has 0 bridgehead atoms. The third-order valence-corrected chi connectivity index (χ3v) is 4.89. The molecule has 0 aliphatic carbocycles. The van der Waals surface area contributed by atoms with E-state index in [0.717, 1.165) is 12.0 Å². The molecule has 2 aromatic rings. The Balaban J connectivity index is 2.14. The first-order valence-electron chi connectivity index (χ1n) is 10.4. The summed E-state index contributed by atoms with van der Waals surface area (Å²) in [5.41, 5.74) is 0.832. The van der Waals surface area contributed by atoms with Crippen LogP contribution in [0.3, 0.4) is 0 Å². The fourth-order valence-electron chi connectivity index (χ4n) is 2.99. The second-order valence-electron chi connectivity index (χ2n) is 7.32. The van der Waals surface area contributed by atoms with Gasteiger partial charge in [0.1, 0.15) is 30.5 Å². The quantitative estimate of drug-likeness (QED) is 0.241. The molecule has 0 N–H and O–H groups in total. The van der Waals surface area contributed by atoms with E-state index in [1.54, 1.807) is 12.1 Å². The summed E-state index contributed by atoms with van der Waals surface area (Å²) in [6.45, 7) is 2.03. The molecule has 2 rings (SSSR count). The zero-order valence-corrected chi connectivity index (χ0v) is 18.9. The second kappa shape index (κ2) is 12.2. The van der Waals surface area contributed by atoms with Crippen LogP contribution in [0.1, 0.15) is 42.9 Å². The molecule has 34 heavy (non-hydrogen) atoms. The van der Waals surface area contributed by atoms with Crippen molar-refractivity contribution < 1.29 is 50.0 Å². The van der Waals surface area contributed by atoms with E-state index in [4.69, 9.17) is 14.2 Å². The molecule has 0 aromatic heterocycles. The van der Waals surface area contributed by atoms with Crippen LogP contribution < -0.4 is 14.2 Å². The van der Waals surface area contributed by atoms with Gasteiger partial charge in [0, 0.05) is 11.1 Å². The lowest BCUT2D eigenvalue weighted by Crippen LogP contribution is -2.17. The van der Waals surface area contributed by atoms with E-state index in [9.17, 15) is 26.3 Å². The highest BCUT2D eigenvalue weighted by atomic mass is 19.4. The number of methoxy groups -OCH3 is 1. The second-order valence-corrected chi connectivity index (χ2v) is 7.32. The molecule has 0 radical (unpaired) electrons. The van der Waals surface area contributed by atoms with Gasteiger partial charge >= 0.3 is 12.7 Å². The van der Waals surface area contributed by atoms with Crippen molar-refractivity contribution in [3.8, 4) is 17.2 Å².